The number of nitrogens with zero attached hydrogens (tertiary/aromatic N) is 1. The van der Waals surface area contributed by atoms with Gasteiger partial charge in [-0.1, -0.05) is 19.3 Å². The number of hydrogen-bond acceptors (Lipinski definition) is 4. The summed E-state index contributed by atoms with van der Waals surface area (Å²) in [4.78, 5) is 26.9. The number of amides is 1. The van der Waals surface area contributed by atoms with Crippen molar-refractivity contribution in [1.82, 2.24) is 4.90 Å². The Bertz CT molecular complexity index is 607. The second-order valence-corrected chi connectivity index (χ2v) is 6.39. The fraction of sp³-hybridized carbons (Fsp3) is 0.556. The number of rotatable bonds is 4. The first kappa shape index (κ1) is 15.8. The van der Waals surface area contributed by atoms with Crippen LogP contribution in [0, 0.1) is 5.92 Å². The summed E-state index contributed by atoms with van der Waals surface area (Å²) in [5.74, 6) is 1.33. The zero-order valence-corrected chi connectivity index (χ0v) is 13.7. The Balaban J connectivity index is 1.69. The highest BCUT2D eigenvalue weighted by Gasteiger charge is 2.30. The Labute approximate surface area is 136 Å². The predicted molar refractivity (Wildman–Crippen MR) is 85.7 cm³/mol. The number of ketones is 1. The van der Waals surface area contributed by atoms with Crippen molar-refractivity contribution in [1.29, 1.82) is 0 Å². The number of Topliss-reactive ketones (excluding diaryl/α,β-unsaturated/α-hetero) is 1. The van der Waals surface area contributed by atoms with E-state index in [2.05, 4.69) is 0 Å². The minimum atomic E-state index is -0.482. The molecule has 5 nitrogen and oxygen atoms in total. The average molecular weight is 317 g/mol. The third kappa shape index (κ3) is 3.19. The van der Waals surface area contributed by atoms with Crippen LogP contribution >= 0.6 is 0 Å². The van der Waals surface area contributed by atoms with Crippen molar-refractivity contribution >= 4 is 11.7 Å². The molecule has 0 saturated heterocycles. The van der Waals surface area contributed by atoms with Crippen LogP contribution < -0.4 is 9.47 Å². The Hall–Kier alpha value is -2.04. The van der Waals surface area contributed by atoms with Crippen LogP contribution in [-0.2, 0) is 4.79 Å². The Morgan fingerprint density at radius 2 is 1.83 bits per heavy atom. The molecule has 3 rings (SSSR count). The number of ether oxygens (including phenoxy) is 2. The minimum Gasteiger partial charge on any atom is -0.454 e. The molecule has 1 heterocycles. The molecule has 1 aliphatic heterocycles. The third-order valence-corrected chi connectivity index (χ3v) is 4.92. The summed E-state index contributed by atoms with van der Waals surface area (Å²) in [7, 11) is 1.73. The summed E-state index contributed by atoms with van der Waals surface area (Å²) >= 11 is 0. The lowest BCUT2D eigenvalue weighted by Gasteiger charge is -2.30. The van der Waals surface area contributed by atoms with Crippen LogP contribution in [0.4, 0.5) is 0 Å². The molecule has 0 unspecified atom stereocenters. The molecular weight excluding hydrogens is 294 g/mol. The molecule has 0 aromatic heterocycles. The van der Waals surface area contributed by atoms with Crippen LogP contribution in [0.3, 0.4) is 0 Å². The largest absolute Gasteiger partial charge is 0.454 e. The molecule has 1 amide bonds. The Morgan fingerprint density at radius 3 is 2.57 bits per heavy atom. The van der Waals surface area contributed by atoms with Crippen LogP contribution in [-0.4, -0.2) is 36.5 Å². The fourth-order valence-electron chi connectivity index (χ4n) is 3.30. The molecule has 1 aromatic carbocycles. The number of carbonyl (C=O) groups excluding carboxylic acids is 2. The van der Waals surface area contributed by atoms with Gasteiger partial charge in [0, 0.05) is 18.5 Å². The molecule has 23 heavy (non-hydrogen) atoms. The molecule has 1 saturated carbocycles. The van der Waals surface area contributed by atoms with Gasteiger partial charge in [0.25, 0.3) is 0 Å². The number of benzene rings is 1. The van der Waals surface area contributed by atoms with E-state index >= 15 is 0 Å². The van der Waals surface area contributed by atoms with Crippen LogP contribution in [0.15, 0.2) is 18.2 Å². The molecule has 5 heteroatoms. The first-order valence-electron chi connectivity index (χ1n) is 8.28. The molecule has 0 spiro atoms. The smallest absolute Gasteiger partial charge is 0.231 e. The number of carbonyl (C=O) groups is 2. The topological polar surface area (TPSA) is 55.8 Å². The first-order chi connectivity index (χ1) is 11.1. The molecular formula is C18H23NO4. The van der Waals surface area contributed by atoms with Crippen molar-refractivity contribution in [3.8, 4) is 11.5 Å². The molecule has 124 valence electrons. The van der Waals surface area contributed by atoms with Gasteiger partial charge in [0.15, 0.2) is 17.3 Å². The highest BCUT2D eigenvalue weighted by atomic mass is 16.7. The highest BCUT2D eigenvalue weighted by Crippen LogP contribution is 2.33. The van der Waals surface area contributed by atoms with Gasteiger partial charge in [0.1, 0.15) is 0 Å². The van der Waals surface area contributed by atoms with E-state index in [4.69, 9.17) is 9.47 Å². The van der Waals surface area contributed by atoms with Gasteiger partial charge in [-0.2, -0.15) is 0 Å². The maximum Gasteiger partial charge on any atom is 0.231 e. The molecule has 1 aliphatic carbocycles. The van der Waals surface area contributed by atoms with E-state index in [1.54, 1.807) is 37.1 Å². The molecule has 2 aliphatic rings. The molecule has 1 aromatic rings. The zero-order valence-electron chi connectivity index (χ0n) is 13.7. The van der Waals surface area contributed by atoms with Crippen molar-refractivity contribution in [2.75, 3.05) is 13.8 Å². The highest BCUT2D eigenvalue weighted by molar-refractivity contribution is 6.02. The molecule has 0 N–H and O–H groups in total. The van der Waals surface area contributed by atoms with Crippen molar-refractivity contribution in [3.05, 3.63) is 23.8 Å². The van der Waals surface area contributed by atoms with E-state index < -0.39 is 6.04 Å². The monoisotopic (exact) mass is 317 g/mol. The Kier molecular flexibility index (Phi) is 4.55. The van der Waals surface area contributed by atoms with E-state index in [0.717, 1.165) is 25.7 Å². The van der Waals surface area contributed by atoms with Gasteiger partial charge in [-0.3, -0.25) is 9.59 Å². The maximum absolute atomic E-state index is 12.7. The van der Waals surface area contributed by atoms with Crippen LogP contribution in [0.5, 0.6) is 11.5 Å². The summed E-state index contributed by atoms with van der Waals surface area (Å²) in [6.07, 6.45) is 5.30. The van der Waals surface area contributed by atoms with E-state index in [1.165, 1.54) is 6.42 Å². The van der Waals surface area contributed by atoms with Gasteiger partial charge in [-0.25, -0.2) is 0 Å². The van der Waals surface area contributed by atoms with Gasteiger partial charge >= 0.3 is 0 Å². The molecule has 1 atom stereocenters. The van der Waals surface area contributed by atoms with Gasteiger partial charge in [-0.05, 0) is 38.0 Å². The van der Waals surface area contributed by atoms with Crippen LogP contribution in [0.1, 0.15) is 49.4 Å². The second kappa shape index (κ2) is 6.60. The number of fused-ring (bicyclic) bond motifs is 1. The lowest BCUT2D eigenvalue weighted by Crippen LogP contribution is -2.43. The van der Waals surface area contributed by atoms with Crippen molar-refractivity contribution in [2.24, 2.45) is 5.92 Å². The van der Waals surface area contributed by atoms with E-state index in [0.29, 0.717) is 17.1 Å². The fourth-order valence-corrected chi connectivity index (χ4v) is 3.30. The van der Waals surface area contributed by atoms with Crippen molar-refractivity contribution < 1.29 is 19.1 Å². The number of likely N-dealkylation sites (N-methyl/N-ethyl adjacent to an activating group) is 1. The second-order valence-electron chi connectivity index (χ2n) is 6.39. The minimum absolute atomic E-state index is 0.0701. The molecule has 1 fully saturated rings. The standard InChI is InChI=1S/C18H23NO4/c1-12(19(2)18(21)13-6-4-3-5-7-13)17(20)14-8-9-15-16(10-14)23-11-22-15/h8-10,12-13H,3-7,11H2,1-2H3/t12-/m0/s1. The molecule has 0 radical (unpaired) electrons. The van der Waals surface area contributed by atoms with Gasteiger partial charge in [0.05, 0.1) is 6.04 Å². The van der Waals surface area contributed by atoms with Gasteiger partial charge in [-0.15, -0.1) is 0 Å². The van der Waals surface area contributed by atoms with E-state index in [9.17, 15) is 9.59 Å². The number of hydrogen-bond donors (Lipinski definition) is 0. The van der Waals surface area contributed by atoms with Crippen LogP contribution in [0.2, 0.25) is 0 Å². The van der Waals surface area contributed by atoms with E-state index in [1.807, 2.05) is 0 Å². The normalized spacial score (nSPS) is 18.5. The predicted octanol–water partition coefficient (Wildman–Crippen LogP) is 3.03. The SMILES string of the molecule is C[C@@H](C(=O)c1ccc2c(c1)OCO2)N(C)C(=O)C1CCCCC1. The van der Waals surface area contributed by atoms with Gasteiger partial charge in [0.2, 0.25) is 12.7 Å². The lowest BCUT2D eigenvalue weighted by atomic mass is 9.88. The summed E-state index contributed by atoms with van der Waals surface area (Å²) in [6, 6.07) is 4.68. The van der Waals surface area contributed by atoms with Crippen molar-refractivity contribution in [3.63, 3.8) is 0 Å². The zero-order chi connectivity index (χ0) is 16.4. The summed E-state index contributed by atoms with van der Waals surface area (Å²) in [5, 5.41) is 0. The first-order valence-corrected chi connectivity index (χ1v) is 8.28. The third-order valence-electron chi connectivity index (χ3n) is 4.92. The maximum atomic E-state index is 12.7. The summed E-state index contributed by atoms with van der Waals surface area (Å²) < 4.78 is 10.6. The summed E-state index contributed by atoms with van der Waals surface area (Å²) in [5.41, 5.74) is 0.546. The lowest BCUT2D eigenvalue weighted by molar-refractivity contribution is -0.136. The van der Waals surface area contributed by atoms with E-state index in [-0.39, 0.29) is 24.4 Å². The molecule has 0 bridgehead atoms. The summed E-state index contributed by atoms with van der Waals surface area (Å²) in [6.45, 7) is 1.97. The van der Waals surface area contributed by atoms with Crippen molar-refractivity contribution in [2.45, 2.75) is 45.1 Å². The Morgan fingerprint density at radius 1 is 1.13 bits per heavy atom. The van der Waals surface area contributed by atoms with Crippen LogP contribution in [0.25, 0.3) is 0 Å². The average Bonchev–Trinajstić information content (AvgIpc) is 3.07. The quantitative estimate of drug-likeness (QED) is 0.801. The van der Waals surface area contributed by atoms with Gasteiger partial charge < -0.3 is 14.4 Å².